The number of aromatic nitrogens is 4. The number of anilines is 1. The van der Waals surface area contributed by atoms with Gasteiger partial charge in [0.1, 0.15) is 29.4 Å². The Hall–Kier alpha value is -5.33. The summed E-state index contributed by atoms with van der Waals surface area (Å²) in [6.45, 7) is 1.97. The van der Waals surface area contributed by atoms with E-state index in [1.807, 2.05) is 37.3 Å². The van der Waals surface area contributed by atoms with Crippen molar-refractivity contribution in [3.05, 3.63) is 99.7 Å². The zero-order chi connectivity index (χ0) is 30.4. The maximum absolute atomic E-state index is 14.9. The lowest BCUT2D eigenvalue weighted by Gasteiger charge is -2.22. The Morgan fingerprint density at radius 2 is 1.69 bits per heavy atom. The first-order valence-electron chi connectivity index (χ1n) is 12.9. The smallest absolute Gasteiger partial charge is 0.377 e. The quantitative estimate of drug-likeness (QED) is 0.219. The molecule has 0 unspecified atom stereocenters. The van der Waals surface area contributed by atoms with Crippen molar-refractivity contribution >= 4 is 23.6 Å². The number of amides is 2. The molecule has 218 valence electrons. The van der Waals surface area contributed by atoms with Gasteiger partial charge in [0, 0.05) is 26.3 Å². The number of hydrogen-bond acceptors (Lipinski definition) is 8. The lowest BCUT2D eigenvalue weighted by Crippen LogP contribution is -2.42. The second-order valence-corrected chi connectivity index (χ2v) is 9.30. The number of para-hydroxylation sites is 1. The first kappa shape index (κ1) is 29.6. The van der Waals surface area contributed by atoms with Gasteiger partial charge in [-0.3, -0.25) is 9.69 Å². The third kappa shape index (κ3) is 6.04. The third-order valence-corrected chi connectivity index (χ3v) is 6.20. The number of carbonyl (C=O) groups is 3. The zero-order valence-electron chi connectivity index (χ0n) is 23.5. The van der Waals surface area contributed by atoms with Crippen molar-refractivity contribution in [2.75, 3.05) is 32.6 Å². The first-order chi connectivity index (χ1) is 20.2. The number of methoxy groups -OCH3 is 1. The van der Waals surface area contributed by atoms with Gasteiger partial charge in [-0.1, -0.05) is 43.3 Å². The molecule has 2 amide bonds. The highest BCUT2D eigenvalue weighted by Crippen LogP contribution is 2.27. The van der Waals surface area contributed by atoms with Crippen molar-refractivity contribution in [3.8, 4) is 11.4 Å². The Kier molecular flexibility index (Phi) is 9.10. The summed E-state index contributed by atoms with van der Waals surface area (Å²) in [5, 5.41) is 7.38. The molecule has 1 heterocycles. The van der Waals surface area contributed by atoms with E-state index >= 15 is 0 Å². The maximum Gasteiger partial charge on any atom is 0.377 e. The summed E-state index contributed by atoms with van der Waals surface area (Å²) in [4.78, 5) is 55.0. The fourth-order valence-electron chi connectivity index (χ4n) is 4.15. The molecule has 0 atom stereocenters. The lowest BCUT2D eigenvalue weighted by atomic mass is 10.1. The molecule has 42 heavy (non-hydrogen) atoms. The molecule has 0 fully saturated rings. The Balaban J connectivity index is 1.69. The molecule has 4 rings (SSSR count). The molecule has 4 aromatic rings. The van der Waals surface area contributed by atoms with Crippen LogP contribution in [0.1, 0.15) is 39.6 Å². The highest BCUT2D eigenvalue weighted by Gasteiger charge is 2.27. The van der Waals surface area contributed by atoms with E-state index in [-0.39, 0.29) is 35.7 Å². The second kappa shape index (κ2) is 12.9. The molecule has 0 N–H and O–H groups in total. The predicted octanol–water partition coefficient (Wildman–Crippen LogP) is 3.52. The summed E-state index contributed by atoms with van der Waals surface area (Å²) in [5.41, 5.74) is -0.554. The molecular weight excluding hydrogens is 547 g/mol. The fraction of sp³-hybridized carbons (Fsp3) is 0.241. The molecule has 13 heteroatoms. The van der Waals surface area contributed by atoms with Crippen molar-refractivity contribution < 1.29 is 28.2 Å². The van der Waals surface area contributed by atoms with E-state index in [1.54, 1.807) is 6.07 Å². The Bertz CT molecular complexity index is 1670. The molecule has 0 radical (unpaired) electrons. The van der Waals surface area contributed by atoms with Crippen LogP contribution in [0.5, 0.6) is 5.75 Å². The zero-order valence-corrected chi connectivity index (χ0v) is 23.5. The summed E-state index contributed by atoms with van der Waals surface area (Å²) in [6.07, 6.45) is 0.475. The van der Waals surface area contributed by atoms with Crippen LogP contribution >= 0.6 is 0 Å². The highest BCUT2D eigenvalue weighted by molar-refractivity contribution is 5.98. The molecule has 1 aromatic heterocycles. The predicted molar refractivity (Wildman–Crippen MR) is 151 cm³/mol. The lowest BCUT2D eigenvalue weighted by molar-refractivity contribution is 0.0469. The van der Waals surface area contributed by atoms with Crippen molar-refractivity contribution in [2.24, 2.45) is 0 Å². The largest absolute Gasteiger partial charge is 0.496 e. The molecule has 0 aliphatic heterocycles. The van der Waals surface area contributed by atoms with E-state index in [4.69, 9.17) is 9.47 Å². The van der Waals surface area contributed by atoms with Crippen LogP contribution in [0.2, 0.25) is 0 Å². The second-order valence-electron chi connectivity index (χ2n) is 9.30. The number of halogens is 1. The molecule has 0 bridgehead atoms. The van der Waals surface area contributed by atoms with Gasteiger partial charge >= 0.3 is 17.7 Å². The van der Waals surface area contributed by atoms with Gasteiger partial charge < -0.3 is 14.4 Å². The van der Waals surface area contributed by atoms with Crippen molar-refractivity contribution in [1.82, 2.24) is 24.7 Å². The first-order valence-corrected chi connectivity index (χ1v) is 12.9. The van der Waals surface area contributed by atoms with Crippen LogP contribution < -0.4 is 15.3 Å². The molecule has 0 aliphatic rings. The van der Waals surface area contributed by atoms with E-state index in [1.165, 1.54) is 55.3 Å². The number of ether oxygens (including phenoxy) is 2. The number of hydrogen-bond donors (Lipinski definition) is 0. The monoisotopic (exact) mass is 576 g/mol. The summed E-state index contributed by atoms with van der Waals surface area (Å²) >= 11 is 0. The Labute approximate surface area is 240 Å². The maximum atomic E-state index is 14.9. The van der Waals surface area contributed by atoms with Gasteiger partial charge in [-0.15, -0.1) is 4.68 Å². The van der Waals surface area contributed by atoms with Crippen molar-refractivity contribution in [3.63, 3.8) is 0 Å². The molecular formula is C29H29FN6O6. The number of carbonyl (C=O) groups excluding carboxylic acids is 3. The SMILES string of the molecule is CCCN(C(=O)n1nnn(-c2c(F)cccc2C(=O)N(C)C)c1=O)c1ccc(OC)c(C(=O)OCc2ccccc2)c1. The van der Waals surface area contributed by atoms with Gasteiger partial charge in [0.15, 0.2) is 0 Å². The van der Waals surface area contributed by atoms with E-state index in [0.29, 0.717) is 15.8 Å². The van der Waals surface area contributed by atoms with Crippen LogP contribution in [0.4, 0.5) is 14.9 Å². The van der Waals surface area contributed by atoms with Crippen LogP contribution in [-0.4, -0.2) is 70.3 Å². The van der Waals surface area contributed by atoms with Gasteiger partial charge in [0.05, 0.1) is 12.7 Å². The molecule has 0 aliphatic carbocycles. The summed E-state index contributed by atoms with van der Waals surface area (Å²) < 4.78 is 26.7. The van der Waals surface area contributed by atoms with E-state index in [2.05, 4.69) is 10.4 Å². The number of rotatable bonds is 9. The minimum atomic E-state index is -1.09. The van der Waals surface area contributed by atoms with Crippen LogP contribution in [-0.2, 0) is 11.3 Å². The van der Waals surface area contributed by atoms with Crippen LogP contribution in [0.15, 0.2) is 71.5 Å². The van der Waals surface area contributed by atoms with Gasteiger partial charge in [-0.05, 0) is 52.7 Å². The summed E-state index contributed by atoms with van der Waals surface area (Å²) in [7, 11) is 4.35. The van der Waals surface area contributed by atoms with Gasteiger partial charge in [0.2, 0.25) is 0 Å². The van der Waals surface area contributed by atoms with Gasteiger partial charge in [0.25, 0.3) is 5.91 Å². The Morgan fingerprint density at radius 3 is 2.36 bits per heavy atom. The van der Waals surface area contributed by atoms with Crippen LogP contribution in [0, 0.1) is 5.82 Å². The number of benzene rings is 3. The molecule has 0 saturated carbocycles. The molecule has 12 nitrogen and oxygen atoms in total. The highest BCUT2D eigenvalue weighted by atomic mass is 19.1. The topological polar surface area (TPSA) is 129 Å². The van der Waals surface area contributed by atoms with E-state index < -0.39 is 35.1 Å². The normalized spacial score (nSPS) is 10.7. The van der Waals surface area contributed by atoms with Gasteiger partial charge in [-0.25, -0.2) is 18.8 Å². The van der Waals surface area contributed by atoms with Crippen LogP contribution in [0.3, 0.4) is 0 Å². The fourth-order valence-corrected chi connectivity index (χ4v) is 4.15. The number of nitrogens with zero attached hydrogens (tertiary/aromatic N) is 6. The third-order valence-electron chi connectivity index (χ3n) is 6.20. The Morgan fingerprint density at radius 1 is 0.952 bits per heavy atom. The average Bonchev–Trinajstić information content (AvgIpc) is 3.38. The minimum absolute atomic E-state index is 0.0253. The average molecular weight is 577 g/mol. The molecule has 0 spiro atoms. The minimum Gasteiger partial charge on any atom is -0.496 e. The van der Waals surface area contributed by atoms with Crippen molar-refractivity contribution in [1.29, 1.82) is 0 Å². The van der Waals surface area contributed by atoms with E-state index in [0.717, 1.165) is 11.6 Å². The van der Waals surface area contributed by atoms with Crippen LogP contribution in [0.25, 0.3) is 5.69 Å². The molecule has 0 saturated heterocycles. The summed E-state index contributed by atoms with van der Waals surface area (Å²) in [6, 6.07) is 16.4. The summed E-state index contributed by atoms with van der Waals surface area (Å²) in [5.74, 6) is -1.93. The number of tetrazole rings is 1. The van der Waals surface area contributed by atoms with Gasteiger partial charge in [-0.2, -0.15) is 4.68 Å². The standard InChI is InChI=1S/C29H29FN6O6/c1-5-16-34(20-14-15-24(41-4)22(17-20)27(38)42-18-19-10-7-6-8-11-19)28(39)36-29(40)35(31-32-36)25-21(26(37)33(2)3)12-9-13-23(25)30/h6-15,17H,5,16,18H2,1-4H3. The molecule has 3 aromatic carbocycles. The van der Waals surface area contributed by atoms with E-state index in [9.17, 15) is 23.6 Å². The number of esters is 1. The van der Waals surface area contributed by atoms with Crippen molar-refractivity contribution in [2.45, 2.75) is 20.0 Å².